The fourth-order valence-electron chi connectivity index (χ4n) is 4.05. The Kier molecular flexibility index (Phi) is 4.29. The molecular weight excluding hydrogens is 334 g/mol. The normalized spacial score (nSPS) is 23.2. The van der Waals surface area contributed by atoms with Gasteiger partial charge in [0, 0.05) is 44.0 Å². The minimum atomic E-state index is 0.0447. The first-order chi connectivity index (χ1) is 12.2. The number of amides is 2. The van der Waals surface area contributed by atoms with Gasteiger partial charge in [0.05, 0.1) is 10.4 Å². The highest BCUT2D eigenvalue weighted by atomic mass is 32.1. The van der Waals surface area contributed by atoms with Crippen molar-refractivity contribution in [1.29, 1.82) is 0 Å². The van der Waals surface area contributed by atoms with Crippen molar-refractivity contribution < 1.29 is 9.59 Å². The van der Waals surface area contributed by atoms with Crippen LogP contribution in [0.3, 0.4) is 0 Å². The summed E-state index contributed by atoms with van der Waals surface area (Å²) in [5.74, 6) is 0.179. The number of nitrogens with zero attached hydrogens (tertiary/aromatic N) is 3. The van der Waals surface area contributed by atoms with Crippen molar-refractivity contribution in [2.24, 2.45) is 5.41 Å². The molecule has 4 rings (SSSR count). The van der Waals surface area contributed by atoms with Crippen molar-refractivity contribution in [2.75, 3.05) is 26.2 Å². The van der Waals surface area contributed by atoms with Crippen LogP contribution in [0, 0.1) is 5.41 Å². The van der Waals surface area contributed by atoms with Gasteiger partial charge in [-0.25, -0.2) is 0 Å². The van der Waals surface area contributed by atoms with E-state index in [0.29, 0.717) is 5.56 Å². The Balaban J connectivity index is 1.46. The van der Waals surface area contributed by atoms with Crippen LogP contribution in [-0.4, -0.2) is 52.8 Å². The van der Waals surface area contributed by atoms with E-state index in [9.17, 15) is 9.59 Å². The van der Waals surface area contributed by atoms with E-state index in [4.69, 9.17) is 0 Å². The van der Waals surface area contributed by atoms with Crippen molar-refractivity contribution in [3.05, 3.63) is 52.5 Å². The summed E-state index contributed by atoms with van der Waals surface area (Å²) in [5.41, 5.74) is 0.687. The number of hydrogen-bond acceptors (Lipinski definition) is 4. The minimum Gasteiger partial charge on any atom is -0.338 e. The zero-order chi connectivity index (χ0) is 17.3. The largest absolute Gasteiger partial charge is 0.338 e. The van der Waals surface area contributed by atoms with Crippen LogP contribution >= 0.6 is 11.3 Å². The number of aromatic nitrogens is 1. The number of carbonyl (C=O) groups is 2. The molecule has 2 saturated heterocycles. The van der Waals surface area contributed by atoms with Gasteiger partial charge in [-0.1, -0.05) is 6.07 Å². The van der Waals surface area contributed by atoms with E-state index in [2.05, 4.69) is 4.98 Å². The van der Waals surface area contributed by atoms with Gasteiger partial charge >= 0.3 is 0 Å². The minimum absolute atomic E-state index is 0.0447. The van der Waals surface area contributed by atoms with Gasteiger partial charge in [0.25, 0.3) is 11.8 Å². The predicted molar refractivity (Wildman–Crippen MR) is 96.6 cm³/mol. The van der Waals surface area contributed by atoms with Crippen LogP contribution in [0.4, 0.5) is 0 Å². The standard InChI is InChI=1S/C19H21N3O2S/c23-17(15-4-1-8-20-12-15)21-9-3-6-19(13-21)7-10-22(14-19)18(24)16-5-2-11-25-16/h1-2,4-5,8,11-12H,3,6-7,9-10,13-14H2. The zero-order valence-electron chi connectivity index (χ0n) is 14.1. The lowest BCUT2D eigenvalue weighted by molar-refractivity contribution is 0.0516. The van der Waals surface area contributed by atoms with Crippen LogP contribution in [0.25, 0.3) is 0 Å². The Morgan fingerprint density at radius 1 is 1.04 bits per heavy atom. The number of rotatable bonds is 2. The fraction of sp³-hybridized carbons (Fsp3) is 0.421. The van der Waals surface area contributed by atoms with Gasteiger partial charge < -0.3 is 9.80 Å². The first kappa shape index (κ1) is 16.3. The number of thiophene rings is 1. The Bertz CT molecular complexity index is 762. The third kappa shape index (κ3) is 3.18. The van der Waals surface area contributed by atoms with Crippen molar-refractivity contribution in [3.63, 3.8) is 0 Å². The quantitative estimate of drug-likeness (QED) is 0.832. The van der Waals surface area contributed by atoms with E-state index in [-0.39, 0.29) is 17.2 Å². The van der Waals surface area contributed by atoms with Crippen molar-refractivity contribution in [3.8, 4) is 0 Å². The Morgan fingerprint density at radius 3 is 2.60 bits per heavy atom. The molecule has 0 saturated carbocycles. The number of piperidine rings is 1. The molecule has 0 aromatic carbocycles. The second kappa shape index (κ2) is 6.59. The second-order valence-electron chi connectivity index (χ2n) is 7.03. The number of likely N-dealkylation sites (tertiary alicyclic amines) is 2. The lowest BCUT2D eigenvalue weighted by atomic mass is 9.79. The molecule has 0 N–H and O–H groups in total. The lowest BCUT2D eigenvalue weighted by Crippen LogP contribution is -2.47. The molecule has 1 unspecified atom stereocenters. The summed E-state index contributed by atoms with van der Waals surface area (Å²) in [6, 6.07) is 7.41. The average Bonchev–Trinajstić information content (AvgIpc) is 3.32. The topological polar surface area (TPSA) is 53.5 Å². The van der Waals surface area contributed by atoms with Gasteiger partial charge in [-0.3, -0.25) is 14.6 Å². The average molecular weight is 355 g/mol. The highest BCUT2D eigenvalue weighted by molar-refractivity contribution is 7.12. The number of carbonyl (C=O) groups excluding carboxylic acids is 2. The smallest absolute Gasteiger partial charge is 0.263 e. The molecular formula is C19H21N3O2S. The summed E-state index contributed by atoms with van der Waals surface area (Å²) in [6.07, 6.45) is 6.36. The van der Waals surface area contributed by atoms with Gasteiger partial charge in [-0.15, -0.1) is 11.3 Å². The van der Waals surface area contributed by atoms with Gasteiger partial charge in [0.2, 0.25) is 0 Å². The second-order valence-corrected chi connectivity index (χ2v) is 7.97. The molecule has 5 nitrogen and oxygen atoms in total. The van der Waals surface area contributed by atoms with Gasteiger partial charge in [0.15, 0.2) is 0 Å². The summed E-state index contributed by atoms with van der Waals surface area (Å²) in [5, 5.41) is 1.94. The van der Waals surface area contributed by atoms with Gasteiger partial charge in [-0.05, 0) is 42.8 Å². The molecule has 0 aliphatic carbocycles. The third-order valence-corrected chi connectivity index (χ3v) is 6.17. The molecule has 0 radical (unpaired) electrons. The van der Waals surface area contributed by atoms with E-state index in [1.807, 2.05) is 33.4 Å². The molecule has 2 aliphatic rings. The van der Waals surface area contributed by atoms with Crippen LogP contribution in [0.1, 0.15) is 39.3 Å². The van der Waals surface area contributed by atoms with E-state index in [1.165, 1.54) is 11.3 Å². The first-order valence-electron chi connectivity index (χ1n) is 8.69. The Morgan fingerprint density at radius 2 is 1.88 bits per heavy atom. The van der Waals surface area contributed by atoms with E-state index < -0.39 is 0 Å². The number of hydrogen-bond donors (Lipinski definition) is 0. The Labute approximate surface area is 151 Å². The predicted octanol–water partition coefficient (Wildman–Crippen LogP) is 2.91. The van der Waals surface area contributed by atoms with Crippen molar-refractivity contribution >= 4 is 23.2 Å². The summed E-state index contributed by atoms with van der Waals surface area (Å²) < 4.78 is 0. The third-order valence-electron chi connectivity index (χ3n) is 5.31. The molecule has 2 fully saturated rings. The molecule has 1 spiro atoms. The summed E-state index contributed by atoms with van der Waals surface area (Å²) >= 11 is 1.49. The van der Waals surface area contributed by atoms with Gasteiger partial charge in [-0.2, -0.15) is 0 Å². The molecule has 130 valence electrons. The highest BCUT2D eigenvalue weighted by Gasteiger charge is 2.44. The molecule has 2 aromatic rings. The monoisotopic (exact) mass is 355 g/mol. The van der Waals surface area contributed by atoms with Crippen molar-refractivity contribution in [2.45, 2.75) is 19.3 Å². The molecule has 2 amide bonds. The van der Waals surface area contributed by atoms with E-state index in [1.54, 1.807) is 18.5 Å². The molecule has 25 heavy (non-hydrogen) atoms. The molecule has 2 aliphatic heterocycles. The molecule has 6 heteroatoms. The lowest BCUT2D eigenvalue weighted by Gasteiger charge is -2.40. The van der Waals surface area contributed by atoms with Gasteiger partial charge in [0.1, 0.15) is 0 Å². The van der Waals surface area contributed by atoms with Crippen LogP contribution in [0.2, 0.25) is 0 Å². The molecule has 0 bridgehead atoms. The fourth-order valence-corrected chi connectivity index (χ4v) is 4.74. The Hall–Kier alpha value is -2.21. The van der Waals surface area contributed by atoms with E-state index in [0.717, 1.165) is 50.3 Å². The maximum Gasteiger partial charge on any atom is 0.263 e. The van der Waals surface area contributed by atoms with Crippen LogP contribution in [-0.2, 0) is 0 Å². The number of pyridine rings is 1. The molecule has 2 aromatic heterocycles. The van der Waals surface area contributed by atoms with Crippen LogP contribution in [0.5, 0.6) is 0 Å². The summed E-state index contributed by atoms with van der Waals surface area (Å²) in [6.45, 7) is 3.05. The van der Waals surface area contributed by atoms with Crippen LogP contribution in [0.15, 0.2) is 42.0 Å². The summed E-state index contributed by atoms with van der Waals surface area (Å²) in [7, 11) is 0. The first-order valence-corrected chi connectivity index (χ1v) is 9.57. The van der Waals surface area contributed by atoms with Crippen LogP contribution < -0.4 is 0 Å². The maximum atomic E-state index is 12.7. The summed E-state index contributed by atoms with van der Waals surface area (Å²) in [4.78, 5) is 34.1. The molecule has 4 heterocycles. The SMILES string of the molecule is O=C(c1cccnc1)N1CCCC2(CCN(C(=O)c3cccs3)C2)C1. The molecule has 1 atom stereocenters. The van der Waals surface area contributed by atoms with E-state index >= 15 is 0 Å². The maximum absolute atomic E-state index is 12.7. The zero-order valence-corrected chi connectivity index (χ0v) is 14.9. The van der Waals surface area contributed by atoms with Crippen molar-refractivity contribution in [1.82, 2.24) is 14.8 Å². The highest BCUT2D eigenvalue weighted by Crippen LogP contribution is 2.40.